The first-order valence-corrected chi connectivity index (χ1v) is 12.8. The minimum Gasteiger partial charge on any atom is -0.356 e. The number of piperidine rings is 1. The molecule has 4 heterocycles. The van der Waals surface area contributed by atoms with Gasteiger partial charge in [-0.2, -0.15) is 4.98 Å². The highest BCUT2D eigenvalue weighted by atomic mass is 16.5. The standard InChI is InChI=1S/C26H35N7O2/c1-20-23-24(28-19-29-26(23)35-30-20)33-12-8-22(9-13-33)25(34)27-10-5-11-31-14-16-32(17-15-31)18-21-6-3-2-4-7-21/h2-4,6-7,19,22H,5,8-18H2,1H3,(H,27,34). The molecule has 186 valence electrons. The number of nitrogens with zero attached hydrogens (tertiary/aromatic N) is 6. The van der Waals surface area contributed by atoms with E-state index in [2.05, 4.69) is 65.5 Å². The van der Waals surface area contributed by atoms with Gasteiger partial charge >= 0.3 is 0 Å². The average molecular weight is 478 g/mol. The molecule has 0 radical (unpaired) electrons. The third kappa shape index (κ3) is 5.79. The number of aryl methyl sites for hydroxylation is 1. The molecule has 0 atom stereocenters. The summed E-state index contributed by atoms with van der Waals surface area (Å²) in [6.07, 6.45) is 4.16. The minimum absolute atomic E-state index is 0.0636. The zero-order chi connectivity index (χ0) is 24.0. The van der Waals surface area contributed by atoms with E-state index in [0.717, 1.165) is 95.1 Å². The molecule has 1 aromatic carbocycles. The van der Waals surface area contributed by atoms with E-state index in [0.29, 0.717) is 5.71 Å². The number of aromatic nitrogens is 3. The van der Waals surface area contributed by atoms with Crippen molar-refractivity contribution in [3.05, 3.63) is 47.9 Å². The number of rotatable bonds is 8. The summed E-state index contributed by atoms with van der Waals surface area (Å²) in [6.45, 7) is 10.7. The number of nitrogens with one attached hydrogen (secondary N) is 1. The second-order valence-electron chi connectivity index (χ2n) is 9.65. The van der Waals surface area contributed by atoms with Crippen LogP contribution in [0.15, 0.2) is 41.2 Å². The predicted molar refractivity (Wildman–Crippen MR) is 135 cm³/mol. The fourth-order valence-corrected chi connectivity index (χ4v) is 5.17. The van der Waals surface area contributed by atoms with Gasteiger partial charge in [-0.1, -0.05) is 35.5 Å². The Hall–Kier alpha value is -3.04. The molecule has 2 aromatic heterocycles. The Bertz CT molecular complexity index is 1100. The van der Waals surface area contributed by atoms with Gasteiger partial charge < -0.3 is 19.6 Å². The molecule has 5 rings (SSSR count). The lowest BCUT2D eigenvalue weighted by Gasteiger charge is -2.35. The van der Waals surface area contributed by atoms with Crippen molar-refractivity contribution in [1.29, 1.82) is 0 Å². The Kier molecular flexibility index (Phi) is 7.54. The summed E-state index contributed by atoms with van der Waals surface area (Å²) >= 11 is 0. The third-order valence-corrected chi connectivity index (χ3v) is 7.25. The second kappa shape index (κ2) is 11.1. The zero-order valence-electron chi connectivity index (χ0n) is 20.5. The van der Waals surface area contributed by atoms with Crippen LogP contribution in [-0.2, 0) is 11.3 Å². The van der Waals surface area contributed by atoms with E-state index in [-0.39, 0.29) is 11.8 Å². The molecule has 3 aromatic rings. The van der Waals surface area contributed by atoms with Gasteiger partial charge in [0.05, 0.1) is 5.69 Å². The van der Waals surface area contributed by atoms with Gasteiger partial charge in [-0.05, 0) is 38.3 Å². The maximum atomic E-state index is 12.7. The topological polar surface area (TPSA) is 90.6 Å². The van der Waals surface area contributed by atoms with Crippen molar-refractivity contribution >= 4 is 22.8 Å². The molecular formula is C26H35N7O2. The maximum absolute atomic E-state index is 12.7. The van der Waals surface area contributed by atoms with Crippen LogP contribution in [0.3, 0.4) is 0 Å². The SMILES string of the molecule is Cc1noc2ncnc(N3CCC(C(=O)NCCCN4CCN(Cc5ccccc5)CC4)CC3)c12. The van der Waals surface area contributed by atoms with Crippen LogP contribution in [0.2, 0.25) is 0 Å². The van der Waals surface area contributed by atoms with Crippen LogP contribution in [0.4, 0.5) is 5.82 Å². The highest BCUT2D eigenvalue weighted by Gasteiger charge is 2.27. The molecule has 0 spiro atoms. The summed E-state index contributed by atoms with van der Waals surface area (Å²) in [6, 6.07) is 10.7. The summed E-state index contributed by atoms with van der Waals surface area (Å²) in [5.74, 6) is 1.11. The predicted octanol–water partition coefficient (Wildman–Crippen LogP) is 2.47. The van der Waals surface area contributed by atoms with Crippen molar-refractivity contribution in [1.82, 2.24) is 30.2 Å². The molecule has 1 N–H and O–H groups in total. The van der Waals surface area contributed by atoms with Gasteiger partial charge in [-0.25, -0.2) is 4.98 Å². The molecule has 35 heavy (non-hydrogen) atoms. The smallest absolute Gasteiger partial charge is 0.263 e. The Morgan fingerprint density at radius 1 is 1.03 bits per heavy atom. The summed E-state index contributed by atoms with van der Waals surface area (Å²) < 4.78 is 5.27. The number of anilines is 1. The summed E-state index contributed by atoms with van der Waals surface area (Å²) in [5, 5.41) is 8.07. The van der Waals surface area contributed by atoms with Crippen LogP contribution in [0, 0.1) is 12.8 Å². The number of benzene rings is 1. The van der Waals surface area contributed by atoms with E-state index >= 15 is 0 Å². The van der Waals surface area contributed by atoms with Crippen molar-refractivity contribution in [3.8, 4) is 0 Å². The maximum Gasteiger partial charge on any atom is 0.263 e. The highest BCUT2D eigenvalue weighted by Crippen LogP contribution is 2.29. The van der Waals surface area contributed by atoms with E-state index in [1.165, 1.54) is 11.9 Å². The first-order valence-electron chi connectivity index (χ1n) is 12.8. The van der Waals surface area contributed by atoms with Crippen LogP contribution in [0.5, 0.6) is 0 Å². The van der Waals surface area contributed by atoms with Crippen molar-refractivity contribution < 1.29 is 9.32 Å². The summed E-state index contributed by atoms with van der Waals surface area (Å²) in [5.41, 5.74) is 2.70. The van der Waals surface area contributed by atoms with Gasteiger partial charge in [0.2, 0.25) is 5.91 Å². The monoisotopic (exact) mass is 477 g/mol. The number of amides is 1. The normalized spacial score (nSPS) is 18.3. The molecule has 0 saturated carbocycles. The Morgan fingerprint density at radius 3 is 2.54 bits per heavy atom. The molecule has 0 unspecified atom stereocenters. The number of hydrogen-bond donors (Lipinski definition) is 1. The molecule has 9 heteroatoms. The van der Waals surface area contributed by atoms with Gasteiger partial charge in [0.1, 0.15) is 17.5 Å². The minimum atomic E-state index is 0.0636. The lowest BCUT2D eigenvalue weighted by Crippen LogP contribution is -2.46. The third-order valence-electron chi connectivity index (χ3n) is 7.25. The van der Waals surface area contributed by atoms with Crippen LogP contribution >= 0.6 is 0 Å². The fraction of sp³-hybridized carbons (Fsp3) is 0.538. The van der Waals surface area contributed by atoms with Crippen LogP contribution in [0.25, 0.3) is 11.1 Å². The van der Waals surface area contributed by atoms with Crippen molar-refractivity contribution in [3.63, 3.8) is 0 Å². The van der Waals surface area contributed by atoms with E-state index in [1.54, 1.807) is 0 Å². The number of fused-ring (bicyclic) bond motifs is 1. The van der Waals surface area contributed by atoms with Crippen LogP contribution < -0.4 is 10.2 Å². The highest BCUT2D eigenvalue weighted by molar-refractivity contribution is 5.88. The van der Waals surface area contributed by atoms with Crippen LogP contribution in [0.1, 0.15) is 30.5 Å². The Morgan fingerprint density at radius 2 is 1.77 bits per heavy atom. The molecule has 2 aliphatic rings. The molecule has 2 saturated heterocycles. The van der Waals surface area contributed by atoms with Crippen molar-refractivity contribution in [2.24, 2.45) is 5.92 Å². The summed E-state index contributed by atoms with van der Waals surface area (Å²) in [7, 11) is 0. The van der Waals surface area contributed by atoms with Crippen molar-refractivity contribution in [2.75, 3.05) is 57.3 Å². The average Bonchev–Trinajstić information content (AvgIpc) is 3.29. The molecular weight excluding hydrogens is 442 g/mol. The number of piperazine rings is 1. The van der Waals surface area contributed by atoms with E-state index < -0.39 is 0 Å². The molecule has 0 aliphatic carbocycles. The number of hydrogen-bond acceptors (Lipinski definition) is 8. The number of carbonyl (C=O) groups is 1. The lowest BCUT2D eigenvalue weighted by atomic mass is 9.95. The van der Waals surface area contributed by atoms with Gasteiger partial charge in [-0.15, -0.1) is 0 Å². The number of carbonyl (C=O) groups excluding carboxylic acids is 1. The fourth-order valence-electron chi connectivity index (χ4n) is 5.17. The molecule has 2 fully saturated rings. The Labute approximate surface area is 206 Å². The first-order chi connectivity index (χ1) is 17.2. The first kappa shape index (κ1) is 23.7. The zero-order valence-corrected chi connectivity index (χ0v) is 20.5. The van der Waals surface area contributed by atoms with Gasteiger partial charge in [0.15, 0.2) is 0 Å². The van der Waals surface area contributed by atoms with Gasteiger partial charge in [0, 0.05) is 58.3 Å². The van der Waals surface area contributed by atoms with E-state index in [1.807, 2.05) is 6.92 Å². The van der Waals surface area contributed by atoms with Gasteiger partial charge in [-0.3, -0.25) is 9.69 Å². The second-order valence-corrected chi connectivity index (χ2v) is 9.65. The van der Waals surface area contributed by atoms with E-state index in [9.17, 15) is 4.79 Å². The van der Waals surface area contributed by atoms with Crippen LogP contribution in [-0.4, -0.2) is 83.2 Å². The lowest BCUT2D eigenvalue weighted by molar-refractivity contribution is -0.125. The van der Waals surface area contributed by atoms with Crippen molar-refractivity contribution in [2.45, 2.75) is 32.7 Å². The molecule has 9 nitrogen and oxygen atoms in total. The largest absolute Gasteiger partial charge is 0.356 e. The molecule has 1 amide bonds. The van der Waals surface area contributed by atoms with Gasteiger partial charge in [0.25, 0.3) is 5.71 Å². The molecule has 0 bridgehead atoms. The quantitative estimate of drug-likeness (QED) is 0.495. The molecule has 2 aliphatic heterocycles. The summed E-state index contributed by atoms with van der Waals surface area (Å²) in [4.78, 5) is 28.6. The van der Waals surface area contributed by atoms with E-state index in [4.69, 9.17) is 4.52 Å². The Balaban J connectivity index is 0.990.